The van der Waals surface area contributed by atoms with E-state index in [2.05, 4.69) is 16.0 Å². The van der Waals surface area contributed by atoms with Crippen LogP contribution in [0.3, 0.4) is 0 Å². The molecule has 0 fully saturated rings. The maximum atomic E-state index is 12.2. The SMILES string of the molecule is CC(=O)Nc1ccc(NC(=O)/C(C#N)=C\Nc2ccc(C(=O)O)cc2)cc1. The zero-order chi connectivity index (χ0) is 19.8. The first-order valence-corrected chi connectivity index (χ1v) is 7.78. The van der Waals surface area contributed by atoms with Crippen molar-refractivity contribution in [2.45, 2.75) is 6.92 Å². The van der Waals surface area contributed by atoms with Crippen LogP contribution in [-0.2, 0) is 9.59 Å². The van der Waals surface area contributed by atoms with Gasteiger partial charge in [0.05, 0.1) is 5.56 Å². The highest BCUT2D eigenvalue weighted by Gasteiger charge is 2.09. The molecule has 0 aromatic heterocycles. The number of amides is 2. The van der Waals surface area contributed by atoms with Gasteiger partial charge in [0.2, 0.25) is 5.91 Å². The lowest BCUT2D eigenvalue weighted by Gasteiger charge is -2.07. The zero-order valence-corrected chi connectivity index (χ0v) is 14.3. The van der Waals surface area contributed by atoms with Crippen LogP contribution < -0.4 is 16.0 Å². The van der Waals surface area contributed by atoms with Crippen molar-refractivity contribution in [3.8, 4) is 6.07 Å². The molecule has 0 heterocycles. The largest absolute Gasteiger partial charge is 0.478 e. The van der Waals surface area contributed by atoms with E-state index >= 15 is 0 Å². The van der Waals surface area contributed by atoms with Gasteiger partial charge in [0.25, 0.3) is 5.91 Å². The van der Waals surface area contributed by atoms with Crippen LogP contribution in [0.25, 0.3) is 0 Å². The molecule has 136 valence electrons. The number of aromatic carboxylic acids is 1. The second-order valence-corrected chi connectivity index (χ2v) is 5.41. The Hall–Kier alpha value is -4.12. The van der Waals surface area contributed by atoms with Crippen LogP contribution in [-0.4, -0.2) is 22.9 Å². The summed E-state index contributed by atoms with van der Waals surface area (Å²) in [6.45, 7) is 1.39. The number of nitrogens with one attached hydrogen (secondary N) is 3. The molecule has 0 atom stereocenters. The lowest BCUT2D eigenvalue weighted by atomic mass is 10.2. The molecule has 0 aliphatic rings. The summed E-state index contributed by atoms with van der Waals surface area (Å²) in [4.78, 5) is 34.0. The molecule has 0 aliphatic carbocycles. The van der Waals surface area contributed by atoms with Gasteiger partial charge in [-0.05, 0) is 48.5 Å². The van der Waals surface area contributed by atoms with E-state index < -0.39 is 11.9 Å². The third-order valence-corrected chi connectivity index (χ3v) is 3.34. The Labute approximate surface area is 155 Å². The predicted molar refractivity (Wildman–Crippen MR) is 100 cm³/mol. The van der Waals surface area contributed by atoms with E-state index in [0.717, 1.165) is 0 Å². The van der Waals surface area contributed by atoms with Gasteiger partial charge in [-0.1, -0.05) is 0 Å². The fraction of sp³-hybridized carbons (Fsp3) is 0.0526. The molecule has 0 saturated heterocycles. The second kappa shape index (κ2) is 8.82. The highest BCUT2D eigenvalue weighted by Crippen LogP contribution is 2.15. The summed E-state index contributed by atoms with van der Waals surface area (Å²) in [5, 5.41) is 26.0. The molecule has 0 aliphatic heterocycles. The van der Waals surface area contributed by atoms with Gasteiger partial charge < -0.3 is 21.1 Å². The van der Waals surface area contributed by atoms with Gasteiger partial charge in [-0.3, -0.25) is 9.59 Å². The van der Waals surface area contributed by atoms with Crippen molar-refractivity contribution in [3.05, 3.63) is 65.9 Å². The molecule has 4 N–H and O–H groups in total. The Bertz CT molecular complexity index is 926. The van der Waals surface area contributed by atoms with Gasteiger partial charge >= 0.3 is 5.97 Å². The Balaban J connectivity index is 2.02. The molecular formula is C19H16N4O4. The van der Waals surface area contributed by atoms with Gasteiger partial charge in [-0.2, -0.15) is 5.26 Å². The van der Waals surface area contributed by atoms with Crippen molar-refractivity contribution in [2.24, 2.45) is 0 Å². The summed E-state index contributed by atoms with van der Waals surface area (Å²) >= 11 is 0. The molecule has 0 bridgehead atoms. The molecule has 2 aromatic rings. The number of carbonyl (C=O) groups excluding carboxylic acids is 2. The van der Waals surface area contributed by atoms with Gasteiger partial charge in [0.1, 0.15) is 11.6 Å². The number of hydrogen-bond donors (Lipinski definition) is 4. The number of hydrogen-bond acceptors (Lipinski definition) is 5. The molecule has 2 aromatic carbocycles. The van der Waals surface area contributed by atoms with Gasteiger partial charge in [0, 0.05) is 30.2 Å². The molecule has 8 heteroatoms. The summed E-state index contributed by atoms with van der Waals surface area (Å²) in [6.07, 6.45) is 1.23. The van der Waals surface area contributed by atoms with Crippen LogP contribution >= 0.6 is 0 Å². The normalized spacial score (nSPS) is 10.4. The number of rotatable bonds is 6. The third kappa shape index (κ3) is 5.72. The Morgan fingerprint density at radius 2 is 1.44 bits per heavy atom. The van der Waals surface area contributed by atoms with Crippen molar-refractivity contribution in [2.75, 3.05) is 16.0 Å². The molecule has 0 unspecified atom stereocenters. The summed E-state index contributed by atoms with van der Waals surface area (Å²) in [7, 11) is 0. The predicted octanol–water partition coefficient (Wildman–Crippen LogP) is 2.80. The highest BCUT2D eigenvalue weighted by atomic mass is 16.4. The van der Waals surface area contributed by atoms with Crippen molar-refractivity contribution in [1.29, 1.82) is 5.26 Å². The zero-order valence-electron chi connectivity index (χ0n) is 14.3. The molecular weight excluding hydrogens is 348 g/mol. The fourth-order valence-corrected chi connectivity index (χ4v) is 2.05. The molecule has 27 heavy (non-hydrogen) atoms. The average molecular weight is 364 g/mol. The summed E-state index contributed by atoms with van der Waals surface area (Å²) < 4.78 is 0. The number of benzene rings is 2. The minimum Gasteiger partial charge on any atom is -0.478 e. The van der Waals surface area contributed by atoms with Crippen LogP contribution in [0.15, 0.2) is 60.3 Å². The van der Waals surface area contributed by atoms with E-state index in [9.17, 15) is 14.4 Å². The van der Waals surface area contributed by atoms with Gasteiger partial charge in [0.15, 0.2) is 0 Å². The van der Waals surface area contributed by atoms with E-state index in [0.29, 0.717) is 17.1 Å². The molecule has 0 spiro atoms. The van der Waals surface area contributed by atoms with Crippen molar-refractivity contribution in [1.82, 2.24) is 0 Å². The number of nitriles is 1. The lowest BCUT2D eigenvalue weighted by molar-refractivity contribution is -0.114. The first-order chi connectivity index (χ1) is 12.9. The van der Waals surface area contributed by atoms with Crippen LogP contribution in [0.4, 0.5) is 17.1 Å². The quantitative estimate of drug-likeness (QED) is 0.460. The number of anilines is 3. The number of carbonyl (C=O) groups is 3. The Kier molecular flexibility index (Phi) is 6.28. The number of carboxylic acids is 1. The van der Waals surface area contributed by atoms with Crippen molar-refractivity contribution < 1.29 is 19.5 Å². The smallest absolute Gasteiger partial charge is 0.335 e. The van der Waals surface area contributed by atoms with Gasteiger partial charge in [-0.15, -0.1) is 0 Å². The first kappa shape index (κ1) is 19.2. The summed E-state index contributed by atoms with van der Waals surface area (Å²) in [5.74, 6) is -1.86. The first-order valence-electron chi connectivity index (χ1n) is 7.78. The number of nitrogens with zero attached hydrogens (tertiary/aromatic N) is 1. The molecule has 0 radical (unpaired) electrons. The minimum atomic E-state index is -1.04. The molecule has 8 nitrogen and oxygen atoms in total. The van der Waals surface area contributed by atoms with E-state index in [1.54, 1.807) is 30.3 Å². The maximum Gasteiger partial charge on any atom is 0.335 e. The Morgan fingerprint density at radius 3 is 1.93 bits per heavy atom. The summed E-state index contributed by atoms with van der Waals surface area (Å²) in [6, 6.07) is 14.1. The lowest BCUT2D eigenvalue weighted by Crippen LogP contribution is -2.14. The van der Waals surface area contributed by atoms with Gasteiger partial charge in [-0.25, -0.2) is 4.79 Å². The van der Waals surface area contributed by atoms with Crippen LogP contribution in [0.1, 0.15) is 17.3 Å². The van der Waals surface area contributed by atoms with Crippen LogP contribution in [0, 0.1) is 11.3 Å². The minimum absolute atomic E-state index is 0.130. The van der Waals surface area contributed by atoms with Crippen LogP contribution in [0.5, 0.6) is 0 Å². The van der Waals surface area contributed by atoms with Crippen LogP contribution in [0.2, 0.25) is 0 Å². The molecule has 0 saturated carbocycles. The third-order valence-electron chi connectivity index (χ3n) is 3.34. The monoisotopic (exact) mass is 364 g/mol. The highest BCUT2D eigenvalue weighted by molar-refractivity contribution is 6.06. The van der Waals surface area contributed by atoms with E-state index in [4.69, 9.17) is 10.4 Å². The van der Waals surface area contributed by atoms with E-state index in [1.165, 1.54) is 37.4 Å². The summed E-state index contributed by atoms with van der Waals surface area (Å²) in [5.41, 5.74) is 1.54. The van der Waals surface area contributed by atoms with Crippen molar-refractivity contribution >= 4 is 34.8 Å². The number of carboxylic acid groups (broad SMARTS) is 1. The van der Waals surface area contributed by atoms with E-state index in [1.807, 2.05) is 0 Å². The second-order valence-electron chi connectivity index (χ2n) is 5.41. The van der Waals surface area contributed by atoms with E-state index in [-0.39, 0.29) is 17.0 Å². The fourth-order valence-electron chi connectivity index (χ4n) is 2.05. The standard InChI is InChI=1S/C19H16N4O4/c1-12(24)22-16-6-8-17(9-7-16)23-18(25)14(10-20)11-21-15-4-2-13(3-5-15)19(26)27/h2-9,11,21H,1H3,(H,22,24)(H,23,25)(H,26,27)/b14-11-. The topological polar surface area (TPSA) is 131 Å². The average Bonchev–Trinajstić information content (AvgIpc) is 2.64. The maximum absolute atomic E-state index is 12.2. The molecule has 2 rings (SSSR count). The Morgan fingerprint density at radius 1 is 0.926 bits per heavy atom. The van der Waals surface area contributed by atoms with Crippen molar-refractivity contribution in [3.63, 3.8) is 0 Å². The molecule has 2 amide bonds.